The predicted octanol–water partition coefficient (Wildman–Crippen LogP) is 4.74. The Kier molecular flexibility index (Phi) is 11.3. The Bertz CT molecular complexity index is 808. The molecule has 0 bridgehead atoms. The second-order valence-corrected chi connectivity index (χ2v) is 8.43. The number of nitrogens with zero attached hydrogens (tertiary/aromatic N) is 1. The van der Waals surface area contributed by atoms with Crippen LogP contribution in [0, 0.1) is 0 Å². The molecule has 0 saturated heterocycles. The lowest BCUT2D eigenvalue weighted by Gasteiger charge is -2.35. The second-order valence-electron chi connectivity index (χ2n) is 8.43. The Balaban J connectivity index is 2.26. The van der Waals surface area contributed by atoms with Crippen molar-refractivity contribution in [2.24, 2.45) is 0 Å². The van der Waals surface area contributed by atoms with Crippen LogP contribution in [0.1, 0.15) is 55.1 Å². The van der Waals surface area contributed by atoms with Gasteiger partial charge in [0.2, 0.25) is 0 Å². The van der Waals surface area contributed by atoms with Crippen molar-refractivity contribution in [2.45, 2.75) is 58.5 Å². The summed E-state index contributed by atoms with van der Waals surface area (Å²) in [4.78, 5) is 15.5. The van der Waals surface area contributed by atoms with E-state index >= 15 is 0 Å². The molecule has 5 nitrogen and oxygen atoms in total. The zero-order chi connectivity index (χ0) is 23.3. The van der Waals surface area contributed by atoms with E-state index in [2.05, 4.69) is 56.4 Å². The van der Waals surface area contributed by atoms with Crippen molar-refractivity contribution in [3.63, 3.8) is 0 Å². The van der Waals surface area contributed by atoms with Gasteiger partial charge >= 0.3 is 0 Å². The molecule has 0 unspecified atom stereocenters. The molecule has 0 heterocycles. The van der Waals surface area contributed by atoms with Crippen LogP contribution in [0.2, 0.25) is 0 Å². The van der Waals surface area contributed by atoms with E-state index in [1.165, 1.54) is 5.56 Å². The molecule has 1 amide bonds. The third kappa shape index (κ3) is 7.64. The third-order valence-corrected chi connectivity index (χ3v) is 5.69. The van der Waals surface area contributed by atoms with Gasteiger partial charge in [-0.05, 0) is 63.4 Å². The summed E-state index contributed by atoms with van der Waals surface area (Å²) >= 11 is 0. The molecular formula is C27H40N2O3. The van der Waals surface area contributed by atoms with Crippen LogP contribution < -0.4 is 10.1 Å². The number of rotatable bonds is 14. The fourth-order valence-electron chi connectivity index (χ4n) is 3.98. The number of ether oxygens (including phenoxy) is 2. The summed E-state index contributed by atoms with van der Waals surface area (Å²) in [6, 6.07) is 16.6. The van der Waals surface area contributed by atoms with Crippen molar-refractivity contribution in [2.75, 3.05) is 33.9 Å². The molecule has 0 aliphatic heterocycles. The molecule has 0 aliphatic rings. The molecule has 176 valence electrons. The van der Waals surface area contributed by atoms with E-state index in [1.807, 2.05) is 30.1 Å². The molecule has 2 aromatic rings. The molecule has 0 aliphatic carbocycles. The lowest BCUT2D eigenvalue weighted by atomic mass is 10.0. The van der Waals surface area contributed by atoms with Crippen LogP contribution in [0.15, 0.2) is 48.5 Å². The van der Waals surface area contributed by atoms with Crippen LogP contribution in [0.3, 0.4) is 0 Å². The highest BCUT2D eigenvalue weighted by Gasteiger charge is 2.26. The number of carbonyl (C=O) groups excluding carboxylic acids is 1. The van der Waals surface area contributed by atoms with Gasteiger partial charge in [-0.25, -0.2) is 0 Å². The summed E-state index contributed by atoms with van der Waals surface area (Å²) in [7, 11) is 3.62. The zero-order valence-corrected chi connectivity index (χ0v) is 20.4. The maximum Gasteiger partial charge on any atom is 0.254 e. The van der Waals surface area contributed by atoms with E-state index < -0.39 is 0 Å². The number of hydrogen-bond donors (Lipinski definition) is 1. The van der Waals surface area contributed by atoms with Crippen molar-refractivity contribution in [1.82, 2.24) is 10.2 Å². The zero-order valence-electron chi connectivity index (χ0n) is 20.4. The van der Waals surface area contributed by atoms with E-state index in [0.29, 0.717) is 18.8 Å². The van der Waals surface area contributed by atoms with Crippen LogP contribution in [-0.2, 0) is 17.6 Å². The molecule has 2 rings (SSSR count). The summed E-state index contributed by atoms with van der Waals surface area (Å²) in [5.74, 6) is 0.853. The smallest absolute Gasteiger partial charge is 0.254 e. The van der Waals surface area contributed by atoms with Crippen LogP contribution >= 0.6 is 0 Å². The molecule has 0 fully saturated rings. The number of aryl methyl sites for hydroxylation is 2. The monoisotopic (exact) mass is 440 g/mol. The number of methoxy groups -OCH3 is 1. The van der Waals surface area contributed by atoms with Gasteiger partial charge in [-0.2, -0.15) is 0 Å². The second kappa shape index (κ2) is 13.9. The third-order valence-electron chi connectivity index (χ3n) is 5.69. The van der Waals surface area contributed by atoms with Crippen LogP contribution in [0.4, 0.5) is 0 Å². The first-order valence-electron chi connectivity index (χ1n) is 11.8. The van der Waals surface area contributed by atoms with Crippen LogP contribution in [0.25, 0.3) is 0 Å². The van der Waals surface area contributed by atoms with Gasteiger partial charge in [-0.3, -0.25) is 4.79 Å². The normalized spacial score (nSPS) is 12.1. The van der Waals surface area contributed by atoms with Gasteiger partial charge in [0.05, 0.1) is 6.61 Å². The van der Waals surface area contributed by atoms with Gasteiger partial charge in [0.25, 0.3) is 5.91 Å². The van der Waals surface area contributed by atoms with E-state index in [0.717, 1.165) is 43.5 Å². The van der Waals surface area contributed by atoms with Crippen molar-refractivity contribution < 1.29 is 14.3 Å². The highest BCUT2D eigenvalue weighted by molar-refractivity contribution is 5.95. The molecule has 0 saturated carbocycles. The first-order valence-corrected chi connectivity index (χ1v) is 11.8. The number of amides is 1. The highest BCUT2D eigenvalue weighted by atomic mass is 16.5. The fourth-order valence-corrected chi connectivity index (χ4v) is 3.98. The highest BCUT2D eigenvalue weighted by Crippen LogP contribution is 2.25. The van der Waals surface area contributed by atoms with E-state index in [9.17, 15) is 4.79 Å². The minimum atomic E-state index is 0.0541. The summed E-state index contributed by atoms with van der Waals surface area (Å²) < 4.78 is 11.3. The summed E-state index contributed by atoms with van der Waals surface area (Å²) in [5, 5.41) is 3.22. The van der Waals surface area contributed by atoms with Crippen molar-refractivity contribution in [3.8, 4) is 5.75 Å². The predicted molar refractivity (Wildman–Crippen MR) is 132 cm³/mol. The van der Waals surface area contributed by atoms with Gasteiger partial charge in [0, 0.05) is 44.3 Å². The van der Waals surface area contributed by atoms with Crippen LogP contribution in [0.5, 0.6) is 5.75 Å². The van der Waals surface area contributed by atoms with Crippen molar-refractivity contribution in [1.29, 1.82) is 0 Å². The Morgan fingerprint density at radius 3 is 2.44 bits per heavy atom. The molecule has 0 aromatic heterocycles. The fraction of sp³-hybridized carbons (Fsp3) is 0.519. The van der Waals surface area contributed by atoms with E-state index in [1.54, 1.807) is 7.11 Å². The maximum absolute atomic E-state index is 13.5. The van der Waals surface area contributed by atoms with E-state index in [4.69, 9.17) is 9.47 Å². The lowest BCUT2D eigenvalue weighted by Crippen LogP contribution is -2.48. The van der Waals surface area contributed by atoms with E-state index in [-0.39, 0.29) is 18.0 Å². The Morgan fingerprint density at radius 2 is 1.81 bits per heavy atom. The molecule has 32 heavy (non-hydrogen) atoms. The lowest BCUT2D eigenvalue weighted by molar-refractivity contribution is 0.0602. The average Bonchev–Trinajstić information content (AvgIpc) is 2.80. The Morgan fingerprint density at radius 1 is 1.06 bits per heavy atom. The topological polar surface area (TPSA) is 50.8 Å². The molecule has 0 radical (unpaired) electrons. The molecule has 1 atom stereocenters. The first-order chi connectivity index (χ1) is 15.5. The standard InChI is InChI=1S/C27H40N2O3/c1-6-25(20-28-4)29(21(2)3)27(30)24-16-15-23(14-13-22-11-8-7-9-12-22)26(19-24)32-18-10-17-31-5/h7-9,11-12,15-16,19,21,25,28H,6,10,13-14,17-18,20H2,1-5H3/t25-/m1/s1. The Hall–Kier alpha value is -2.37. The molecule has 0 spiro atoms. The van der Waals surface area contributed by atoms with Crippen molar-refractivity contribution >= 4 is 5.91 Å². The maximum atomic E-state index is 13.5. The number of carbonyl (C=O) groups is 1. The minimum absolute atomic E-state index is 0.0541. The molecule has 5 heteroatoms. The summed E-state index contributed by atoms with van der Waals surface area (Å²) in [5.41, 5.74) is 3.10. The quantitative estimate of drug-likeness (QED) is 0.431. The van der Waals surface area contributed by atoms with Gasteiger partial charge in [-0.1, -0.05) is 43.3 Å². The van der Waals surface area contributed by atoms with Gasteiger partial charge < -0.3 is 19.7 Å². The number of likely N-dealkylation sites (N-methyl/N-ethyl adjacent to an activating group) is 1. The average molecular weight is 441 g/mol. The largest absolute Gasteiger partial charge is 0.493 e. The molecule has 1 N–H and O–H groups in total. The van der Waals surface area contributed by atoms with Gasteiger partial charge in [0.15, 0.2) is 0 Å². The minimum Gasteiger partial charge on any atom is -0.493 e. The van der Waals surface area contributed by atoms with Gasteiger partial charge in [0.1, 0.15) is 5.75 Å². The summed E-state index contributed by atoms with van der Waals surface area (Å²) in [6.07, 6.45) is 3.51. The first kappa shape index (κ1) is 25.9. The number of hydrogen-bond acceptors (Lipinski definition) is 4. The number of benzene rings is 2. The Labute approximate surface area is 194 Å². The number of nitrogens with one attached hydrogen (secondary N) is 1. The van der Waals surface area contributed by atoms with Gasteiger partial charge in [-0.15, -0.1) is 0 Å². The summed E-state index contributed by atoms with van der Waals surface area (Å²) in [6.45, 7) is 8.27. The molecule has 2 aromatic carbocycles. The van der Waals surface area contributed by atoms with Crippen LogP contribution in [-0.4, -0.2) is 56.8 Å². The molecular weight excluding hydrogens is 400 g/mol. The van der Waals surface area contributed by atoms with Crippen molar-refractivity contribution in [3.05, 3.63) is 65.2 Å². The SMILES string of the molecule is CC[C@H](CNC)N(C(=O)c1ccc(CCc2ccccc2)c(OCCCOC)c1)C(C)C.